The average molecular weight is 226 g/mol. The Morgan fingerprint density at radius 2 is 1.87 bits per heavy atom. The van der Waals surface area contributed by atoms with Gasteiger partial charge in [0.15, 0.2) is 4.98 Å². The van der Waals surface area contributed by atoms with E-state index in [4.69, 9.17) is 10.1 Å². The Morgan fingerprint density at radius 3 is 2.53 bits per heavy atom. The summed E-state index contributed by atoms with van der Waals surface area (Å²) in [5.74, 6) is 0. The number of nitrogens with zero attached hydrogens (tertiary/aromatic N) is 3. The minimum atomic E-state index is 0. The van der Waals surface area contributed by atoms with E-state index in [1.807, 2.05) is 18.2 Å². The molecule has 1 aromatic carbocycles. The van der Waals surface area contributed by atoms with Crippen LogP contribution in [0.4, 0.5) is 11.4 Å². The SMILES string of the molecule is N#[N+]c1ccccc1N1CCOCC1.[Cl-]. The van der Waals surface area contributed by atoms with Gasteiger partial charge in [-0.2, -0.15) is 0 Å². The zero-order valence-electron chi connectivity index (χ0n) is 8.27. The lowest BCUT2D eigenvalue weighted by Crippen LogP contribution is -3.00. The molecule has 1 aliphatic heterocycles. The third-order valence-electron chi connectivity index (χ3n) is 2.34. The molecule has 1 aromatic rings. The first-order valence-electron chi connectivity index (χ1n) is 4.68. The van der Waals surface area contributed by atoms with E-state index in [2.05, 4.69) is 9.88 Å². The second kappa shape index (κ2) is 5.54. The van der Waals surface area contributed by atoms with Crippen molar-refractivity contribution < 1.29 is 17.1 Å². The molecule has 0 saturated carbocycles. The first-order chi connectivity index (χ1) is 6.92. The van der Waals surface area contributed by atoms with Crippen molar-refractivity contribution in [2.45, 2.75) is 0 Å². The van der Waals surface area contributed by atoms with Gasteiger partial charge in [0, 0.05) is 19.2 Å². The Kier molecular flexibility index (Phi) is 4.35. The lowest BCUT2D eigenvalue weighted by atomic mass is 10.2. The summed E-state index contributed by atoms with van der Waals surface area (Å²) >= 11 is 0. The quantitative estimate of drug-likeness (QED) is 0.577. The molecular formula is C10H12ClN3O. The Balaban J connectivity index is 0.00000112. The summed E-state index contributed by atoms with van der Waals surface area (Å²) in [6.45, 7) is 3.18. The van der Waals surface area contributed by atoms with E-state index >= 15 is 0 Å². The highest BCUT2D eigenvalue weighted by molar-refractivity contribution is 5.70. The molecule has 80 valence electrons. The third kappa shape index (κ3) is 2.58. The molecule has 0 aromatic heterocycles. The molecule has 0 unspecified atom stereocenters. The second-order valence-electron chi connectivity index (χ2n) is 3.19. The van der Waals surface area contributed by atoms with Gasteiger partial charge in [0.1, 0.15) is 5.69 Å². The molecule has 0 atom stereocenters. The predicted octanol–water partition coefficient (Wildman–Crippen LogP) is -0.988. The number of para-hydroxylation sites is 1. The van der Waals surface area contributed by atoms with Crippen molar-refractivity contribution >= 4 is 11.4 Å². The van der Waals surface area contributed by atoms with Crippen molar-refractivity contribution in [3.63, 3.8) is 0 Å². The van der Waals surface area contributed by atoms with Crippen LogP contribution in [0.15, 0.2) is 24.3 Å². The van der Waals surface area contributed by atoms with Crippen LogP contribution in [0.5, 0.6) is 0 Å². The van der Waals surface area contributed by atoms with Gasteiger partial charge in [-0.1, -0.05) is 12.1 Å². The van der Waals surface area contributed by atoms with E-state index in [9.17, 15) is 0 Å². The summed E-state index contributed by atoms with van der Waals surface area (Å²) in [5, 5.41) is 8.82. The maximum absolute atomic E-state index is 8.82. The van der Waals surface area contributed by atoms with Crippen LogP contribution in [0, 0.1) is 5.39 Å². The van der Waals surface area contributed by atoms with Gasteiger partial charge in [-0.25, -0.2) is 0 Å². The number of hydrogen-bond donors (Lipinski definition) is 0. The molecule has 0 amide bonds. The van der Waals surface area contributed by atoms with E-state index in [1.54, 1.807) is 6.07 Å². The lowest BCUT2D eigenvalue weighted by Gasteiger charge is -2.27. The molecule has 1 aliphatic rings. The molecule has 1 heterocycles. The van der Waals surface area contributed by atoms with Crippen LogP contribution in [0.25, 0.3) is 4.98 Å². The predicted molar refractivity (Wildman–Crippen MR) is 54.2 cm³/mol. The Hall–Kier alpha value is -1.31. The van der Waals surface area contributed by atoms with Crippen LogP contribution in [0.1, 0.15) is 0 Å². The van der Waals surface area contributed by atoms with E-state index in [0.717, 1.165) is 32.0 Å². The molecule has 1 saturated heterocycles. The van der Waals surface area contributed by atoms with E-state index in [0.29, 0.717) is 5.69 Å². The van der Waals surface area contributed by atoms with Crippen molar-refractivity contribution in [1.29, 1.82) is 5.39 Å². The van der Waals surface area contributed by atoms with Crippen LogP contribution in [0.3, 0.4) is 0 Å². The third-order valence-corrected chi connectivity index (χ3v) is 2.34. The number of morpholine rings is 1. The van der Waals surface area contributed by atoms with E-state index in [1.165, 1.54) is 0 Å². The molecule has 0 spiro atoms. The summed E-state index contributed by atoms with van der Waals surface area (Å²) < 4.78 is 5.26. The number of anilines is 1. The van der Waals surface area contributed by atoms with Crippen molar-refractivity contribution in [2.75, 3.05) is 31.2 Å². The van der Waals surface area contributed by atoms with Gasteiger partial charge in [0.25, 0.3) is 0 Å². The fourth-order valence-electron chi connectivity index (χ4n) is 1.62. The molecular weight excluding hydrogens is 214 g/mol. The van der Waals surface area contributed by atoms with Crippen LogP contribution in [-0.4, -0.2) is 26.3 Å². The lowest BCUT2D eigenvalue weighted by molar-refractivity contribution is -0.00000381. The highest BCUT2D eigenvalue weighted by Crippen LogP contribution is 2.28. The fraction of sp³-hybridized carbons (Fsp3) is 0.400. The topological polar surface area (TPSA) is 40.6 Å². The molecule has 4 nitrogen and oxygen atoms in total. The first kappa shape index (κ1) is 11.8. The summed E-state index contributed by atoms with van der Waals surface area (Å²) in [7, 11) is 0. The largest absolute Gasteiger partial charge is 1.00 e. The maximum Gasteiger partial charge on any atom is 0.408 e. The minimum absolute atomic E-state index is 0. The average Bonchev–Trinajstić information content (AvgIpc) is 2.30. The van der Waals surface area contributed by atoms with Crippen LogP contribution in [-0.2, 0) is 4.74 Å². The normalized spacial score (nSPS) is 15.3. The number of ether oxygens (including phenoxy) is 1. The van der Waals surface area contributed by atoms with Crippen molar-refractivity contribution in [3.05, 3.63) is 29.2 Å². The van der Waals surface area contributed by atoms with Gasteiger partial charge in [-0.15, -0.1) is 0 Å². The Bertz CT molecular complexity index is 358. The zero-order valence-corrected chi connectivity index (χ0v) is 9.02. The molecule has 0 radical (unpaired) electrons. The van der Waals surface area contributed by atoms with E-state index < -0.39 is 0 Å². The van der Waals surface area contributed by atoms with Gasteiger partial charge in [-0.3, -0.25) is 0 Å². The van der Waals surface area contributed by atoms with Gasteiger partial charge in [-0.05, 0) is 6.07 Å². The minimum Gasteiger partial charge on any atom is -1.00 e. The molecule has 0 aliphatic carbocycles. The number of hydrogen-bond acceptors (Lipinski definition) is 3. The van der Waals surface area contributed by atoms with Crippen molar-refractivity contribution in [3.8, 4) is 0 Å². The molecule has 1 fully saturated rings. The molecule has 5 heteroatoms. The number of rotatable bonds is 1. The van der Waals surface area contributed by atoms with Gasteiger partial charge >= 0.3 is 5.69 Å². The van der Waals surface area contributed by atoms with Crippen LogP contribution >= 0.6 is 0 Å². The molecule has 0 bridgehead atoms. The maximum atomic E-state index is 8.82. The Labute approximate surface area is 94.9 Å². The smallest absolute Gasteiger partial charge is 0.408 e. The second-order valence-corrected chi connectivity index (χ2v) is 3.19. The van der Waals surface area contributed by atoms with Crippen molar-refractivity contribution in [2.24, 2.45) is 0 Å². The molecule has 15 heavy (non-hydrogen) atoms. The Morgan fingerprint density at radius 1 is 1.20 bits per heavy atom. The highest BCUT2D eigenvalue weighted by atomic mass is 35.5. The van der Waals surface area contributed by atoms with Crippen LogP contribution in [0.2, 0.25) is 0 Å². The summed E-state index contributed by atoms with van der Waals surface area (Å²) in [6.07, 6.45) is 0. The van der Waals surface area contributed by atoms with Gasteiger partial charge in [0.05, 0.1) is 13.2 Å². The van der Waals surface area contributed by atoms with E-state index in [-0.39, 0.29) is 12.4 Å². The summed E-state index contributed by atoms with van der Waals surface area (Å²) in [6, 6.07) is 7.56. The first-order valence-corrected chi connectivity index (χ1v) is 4.68. The standard InChI is InChI=1S/C10H12N3O.ClH/c11-12-9-3-1-2-4-10(9)13-5-7-14-8-6-13;/h1-4H,5-8H2;1H/q+1;/p-1. The fourth-order valence-corrected chi connectivity index (χ4v) is 1.62. The van der Waals surface area contributed by atoms with Crippen LogP contribution < -0.4 is 17.3 Å². The highest BCUT2D eigenvalue weighted by Gasteiger charge is 2.20. The zero-order chi connectivity index (χ0) is 9.80. The van der Waals surface area contributed by atoms with Crippen molar-refractivity contribution in [1.82, 2.24) is 0 Å². The molecule has 2 rings (SSSR count). The summed E-state index contributed by atoms with van der Waals surface area (Å²) in [5.41, 5.74) is 1.59. The van der Waals surface area contributed by atoms with Gasteiger partial charge in [0.2, 0.25) is 5.39 Å². The monoisotopic (exact) mass is 225 g/mol. The number of diazo groups is 1. The number of halogens is 1. The number of benzene rings is 1. The summed E-state index contributed by atoms with van der Waals surface area (Å²) in [4.78, 5) is 5.43. The molecule has 0 N–H and O–H groups in total. The van der Waals surface area contributed by atoms with Gasteiger partial charge < -0.3 is 22.0 Å².